The maximum atomic E-state index is 13.0. The van der Waals surface area contributed by atoms with Crippen LogP contribution in [-0.4, -0.2) is 52.1 Å². The number of rotatable bonds is 5. The van der Waals surface area contributed by atoms with Crippen LogP contribution < -0.4 is 10.9 Å². The Hall–Kier alpha value is -2.78. The Morgan fingerprint density at radius 1 is 1.16 bits per heavy atom. The standard InChI is InChI=1S/C22H27N5O3S/c1-4-31(29,30)27-11-9-17(10-12-27)24-22-23-14-16-13-19(18-8-6-5-7-15(18)2)21(28)26(3)20(16)25-22/h5-8,13-14,17H,4,9-12H2,1-3H3,(H,23,24,25). The Balaban J connectivity index is 1.58. The van der Waals surface area contributed by atoms with E-state index in [2.05, 4.69) is 15.3 Å². The fourth-order valence-electron chi connectivity index (χ4n) is 4.03. The highest BCUT2D eigenvalue weighted by Gasteiger charge is 2.27. The lowest BCUT2D eigenvalue weighted by Gasteiger charge is -2.31. The second-order valence-corrected chi connectivity index (χ2v) is 10.2. The van der Waals surface area contributed by atoms with Crippen LogP contribution in [0.5, 0.6) is 0 Å². The Labute approximate surface area is 182 Å². The number of anilines is 1. The van der Waals surface area contributed by atoms with E-state index in [9.17, 15) is 13.2 Å². The second-order valence-electron chi connectivity index (χ2n) is 7.93. The van der Waals surface area contributed by atoms with Crippen LogP contribution >= 0.6 is 0 Å². The van der Waals surface area contributed by atoms with Crippen LogP contribution in [-0.2, 0) is 17.1 Å². The van der Waals surface area contributed by atoms with Crippen LogP contribution in [0.4, 0.5) is 5.95 Å². The minimum Gasteiger partial charge on any atom is -0.351 e. The van der Waals surface area contributed by atoms with Gasteiger partial charge in [-0.05, 0) is 43.9 Å². The Morgan fingerprint density at radius 3 is 2.55 bits per heavy atom. The zero-order chi connectivity index (χ0) is 22.2. The van der Waals surface area contributed by atoms with Crippen molar-refractivity contribution in [2.45, 2.75) is 32.7 Å². The number of pyridine rings is 1. The van der Waals surface area contributed by atoms with Gasteiger partial charge >= 0.3 is 0 Å². The smallest absolute Gasteiger partial charge is 0.259 e. The first kappa shape index (κ1) is 21.5. The third kappa shape index (κ3) is 4.20. The molecule has 1 N–H and O–H groups in total. The topological polar surface area (TPSA) is 97.2 Å². The molecule has 0 spiro atoms. The van der Waals surface area contributed by atoms with Gasteiger partial charge in [-0.15, -0.1) is 0 Å². The van der Waals surface area contributed by atoms with Gasteiger partial charge < -0.3 is 5.32 Å². The Morgan fingerprint density at radius 2 is 1.87 bits per heavy atom. The molecule has 0 bridgehead atoms. The van der Waals surface area contributed by atoms with Crippen molar-refractivity contribution in [1.82, 2.24) is 18.8 Å². The molecule has 9 heteroatoms. The number of hydrogen-bond donors (Lipinski definition) is 1. The fraction of sp³-hybridized carbons (Fsp3) is 0.409. The number of benzene rings is 1. The van der Waals surface area contributed by atoms with Gasteiger partial charge in [0.2, 0.25) is 16.0 Å². The van der Waals surface area contributed by atoms with Gasteiger partial charge in [-0.25, -0.2) is 17.7 Å². The summed E-state index contributed by atoms with van der Waals surface area (Å²) in [5.74, 6) is 0.570. The highest BCUT2D eigenvalue weighted by Crippen LogP contribution is 2.24. The van der Waals surface area contributed by atoms with Gasteiger partial charge in [-0.3, -0.25) is 9.36 Å². The van der Waals surface area contributed by atoms with Crippen LogP contribution in [0.15, 0.2) is 41.3 Å². The molecule has 0 radical (unpaired) electrons. The SMILES string of the molecule is CCS(=O)(=O)N1CCC(Nc2ncc3cc(-c4ccccc4C)c(=O)n(C)c3n2)CC1. The van der Waals surface area contributed by atoms with Gasteiger partial charge in [-0.2, -0.15) is 4.98 Å². The lowest BCUT2D eigenvalue weighted by atomic mass is 10.0. The molecule has 2 aromatic heterocycles. The van der Waals surface area contributed by atoms with Crippen molar-refractivity contribution in [3.05, 3.63) is 52.4 Å². The Bertz CT molecular complexity index is 1280. The van der Waals surface area contributed by atoms with Crippen LogP contribution in [0.25, 0.3) is 22.2 Å². The number of aromatic nitrogens is 3. The molecular formula is C22H27N5O3S. The van der Waals surface area contributed by atoms with Crippen molar-refractivity contribution >= 4 is 27.0 Å². The lowest BCUT2D eigenvalue weighted by Crippen LogP contribution is -2.43. The van der Waals surface area contributed by atoms with E-state index in [0.717, 1.165) is 16.5 Å². The molecule has 0 saturated carbocycles. The number of sulfonamides is 1. The summed E-state index contributed by atoms with van der Waals surface area (Å²) in [7, 11) is -1.43. The summed E-state index contributed by atoms with van der Waals surface area (Å²) in [5.41, 5.74) is 3.02. The monoisotopic (exact) mass is 441 g/mol. The third-order valence-electron chi connectivity index (χ3n) is 5.93. The van der Waals surface area contributed by atoms with Crippen LogP contribution in [0, 0.1) is 6.92 Å². The van der Waals surface area contributed by atoms with E-state index in [0.29, 0.717) is 43.1 Å². The number of nitrogens with zero attached hydrogens (tertiary/aromatic N) is 4. The maximum absolute atomic E-state index is 13.0. The molecule has 0 aliphatic carbocycles. The average molecular weight is 442 g/mol. The molecule has 0 unspecified atom stereocenters. The van der Waals surface area contributed by atoms with Gasteiger partial charge in [-0.1, -0.05) is 24.3 Å². The molecule has 1 saturated heterocycles. The number of aryl methyl sites for hydroxylation is 2. The highest BCUT2D eigenvalue weighted by atomic mass is 32.2. The molecule has 0 amide bonds. The zero-order valence-electron chi connectivity index (χ0n) is 18.0. The average Bonchev–Trinajstić information content (AvgIpc) is 2.77. The van der Waals surface area contributed by atoms with Gasteiger partial charge in [0.15, 0.2) is 0 Å². The van der Waals surface area contributed by atoms with Crippen molar-refractivity contribution in [2.24, 2.45) is 7.05 Å². The van der Waals surface area contributed by atoms with Crippen molar-refractivity contribution in [1.29, 1.82) is 0 Å². The summed E-state index contributed by atoms with van der Waals surface area (Å²) in [4.78, 5) is 22.0. The molecule has 0 atom stereocenters. The van der Waals surface area contributed by atoms with E-state index in [1.54, 1.807) is 29.0 Å². The minimum absolute atomic E-state index is 0.0871. The van der Waals surface area contributed by atoms with Gasteiger partial charge in [0, 0.05) is 43.3 Å². The first-order valence-corrected chi connectivity index (χ1v) is 12.1. The largest absolute Gasteiger partial charge is 0.351 e. The predicted octanol–water partition coefficient (Wildman–Crippen LogP) is 2.53. The summed E-state index contributed by atoms with van der Waals surface area (Å²) in [6.45, 7) is 4.62. The van der Waals surface area contributed by atoms with E-state index in [1.807, 2.05) is 37.3 Å². The Kier molecular flexibility index (Phi) is 5.81. The quantitative estimate of drug-likeness (QED) is 0.654. The van der Waals surface area contributed by atoms with Crippen LogP contribution in [0.2, 0.25) is 0 Å². The minimum atomic E-state index is -3.15. The highest BCUT2D eigenvalue weighted by molar-refractivity contribution is 7.89. The first-order chi connectivity index (χ1) is 14.8. The lowest BCUT2D eigenvalue weighted by molar-refractivity contribution is 0.329. The summed E-state index contributed by atoms with van der Waals surface area (Å²) >= 11 is 0. The maximum Gasteiger partial charge on any atom is 0.259 e. The molecule has 1 aliphatic rings. The molecule has 8 nitrogen and oxygen atoms in total. The number of nitrogens with one attached hydrogen (secondary N) is 1. The van der Waals surface area contributed by atoms with E-state index >= 15 is 0 Å². The van der Waals surface area contributed by atoms with Crippen LogP contribution in [0.3, 0.4) is 0 Å². The van der Waals surface area contributed by atoms with E-state index in [1.165, 1.54) is 0 Å². The summed E-state index contributed by atoms with van der Waals surface area (Å²) in [5, 5.41) is 4.09. The zero-order valence-corrected chi connectivity index (χ0v) is 18.8. The number of hydrogen-bond acceptors (Lipinski definition) is 6. The molecule has 3 heterocycles. The van der Waals surface area contributed by atoms with Gasteiger partial charge in [0.1, 0.15) is 5.65 Å². The number of fused-ring (bicyclic) bond motifs is 1. The third-order valence-corrected chi connectivity index (χ3v) is 7.81. The van der Waals surface area contributed by atoms with Gasteiger partial charge in [0.05, 0.1) is 5.75 Å². The molecule has 3 aromatic rings. The molecule has 31 heavy (non-hydrogen) atoms. The van der Waals surface area contributed by atoms with E-state index in [-0.39, 0.29) is 17.4 Å². The molecule has 1 aliphatic heterocycles. The summed E-state index contributed by atoms with van der Waals surface area (Å²) in [6, 6.07) is 9.74. The number of piperidine rings is 1. The second kappa shape index (κ2) is 8.39. The molecule has 1 aromatic carbocycles. The van der Waals surface area contributed by atoms with Crippen molar-refractivity contribution in [3.8, 4) is 11.1 Å². The van der Waals surface area contributed by atoms with Crippen molar-refractivity contribution in [3.63, 3.8) is 0 Å². The van der Waals surface area contributed by atoms with Crippen molar-refractivity contribution < 1.29 is 8.42 Å². The fourth-order valence-corrected chi connectivity index (χ4v) is 5.16. The summed E-state index contributed by atoms with van der Waals surface area (Å²) in [6.07, 6.45) is 3.10. The van der Waals surface area contributed by atoms with Crippen molar-refractivity contribution in [2.75, 3.05) is 24.2 Å². The normalized spacial score (nSPS) is 16.0. The van der Waals surface area contributed by atoms with Crippen LogP contribution in [0.1, 0.15) is 25.3 Å². The summed E-state index contributed by atoms with van der Waals surface area (Å²) < 4.78 is 27.2. The molecule has 4 rings (SSSR count). The first-order valence-electron chi connectivity index (χ1n) is 10.5. The van der Waals surface area contributed by atoms with E-state index < -0.39 is 10.0 Å². The molecule has 1 fully saturated rings. The molecule has 164 valence electrons. The molecular weight excluding hydrogens is 414 g/mol. The predicted molar refractivity (Wildman–Crippen MR) is 123 cm³/mol. The van der Waals surface area contributed by atoms with Gasteiger partial charge in [0.25, 0.3) is 5.56 Å². The van der Waals surface area contributed by atoms with E-state index in [4.69, 9.17) is 0 Å².